The van der Waals surface area contributed by atoms with Crippen molar-refractivity contribution in [2.24, 2.45) is 11.8 Å². The van der Waals surface area contributed by atoms with Gasteiger partial charge in [-0.05, 0) is 59.1 Å². The number of thiazole rings is 2. The molecule has 0 spiro atoms. The maximum absolute atomic E-state index is 14.1. The van der Waals surface area contributed by atoms with Crippen LogP contribution >= 0.6 is 22.7 Å². The van der Waals surface area contributed by atoms with E-state index in [-0.39, 0.29) is 47.5 Å². The molecular formula is C50H52N6O4S2. The molecule has 0 unspecified atom stereocenters. The van der Waals surface area contributed by atoms with Crippen LogP contribution in [0.25, 0.3) is 32.0 Å². The quantitative estimate of drug-likeness (QED) is 0.119. The van der Waals surface area contributed by atoms with Gasteiger partial charge in [0.25, 0.3) is 0 Å². The second-order valence-electron chi connectivity index (χ2n) is 16.7. The minimum atomic E-state index is -0.752. The largest absolute Gasteiger partial charge is 0.340 e. The van der Waals surface area contributed by atoms with Gasteiger partial charge in [-0.3, -0.25) is 19.2 Å². The summed E-state index contributed by atoms with van der Waals surface area (Å²) in [6, 6.07) is 34.1. The van der Waals surface area contributed by atoms with Crippen molar-refractivity contribution in [1.29, 1.82) is 0 Å². The number of carbonyl (C=O) groups is 4. The molecule has 0 radical (unpaired) electrons. The van der Waals surface area contributed by atoms with Crippen LogP contribution in [0.4, 0.5) is 0 Å². The lowest BCUT2D eigenvalue weighted by Gasteiger charge is -2.29. The van der Waals surface area contributed by atoms with Gasteiger partial charge in [0.2, 0.25) is 23.6 Å². The minimum absolute atomic E-state index is 0.106. The highest BCUT2D eigenvalue weighted by molar-refractivity contribution is 7.15. The summed E-state index contributed by atoms with van der Waals surface area (Å²) in [7, 11) is 0. The number of likely N-dealkylation sites (tertiary alicyclic amines) is 2. The van der Waals surface area contributed by atoms with E-state index in [0.717, 1.165) is 78.8 Å². The molecule has 2 aliphatic heterocycles. The zero-order valence-electron chi connectivity index (χ0n) is 35.5. The number of aromatic nitrogens is 2. The fourth-order valence-electron chi connectivity index (χ4n) is 8.19. The minimum Gasteiger partial charge on any atom is -0.340 e. The van der Waals surface area contributed by atoms with Crippen LogP contribution in [0, 0.1) is 11.8 Å². The molecule has 4 aromatic carbocycles. The van der Waals surface area contributed by atoms with Gasteiger partial charge in [0.15, 0.2) is 0 Å². The van der Waals surface area contributed by atoms with Crippen LogP contribution in [-0.4, -0.2) is 56.5 Å². The smallest absolute Gasteiger partial charge is 0.250 e. The molecule has 2 aromatic heterocycles. The van der Waals surface area contributed by atoms with E-state index in [2.05, 4.69) is 59.2 Å². The number of amides is 4. The first-order valence-electron chi connectivity index (χ1n) is 21.5. The number of hydrogen-bond acceptors (Lipinski definition) is 8. The number of benzene rings is 4. The molecule has 0 aliphatic carbocycles. The summed E-state index contributed by atoms with van der Waals surface area (Å²) in [5.74, 6) is -1.00. The van der Waals surface area contributed by atoms with Crippen LogP contribution in [0.2, 0.25) is 0 Å². The fraction of sp³-hybridized carbons (Fsp3) is 0.320. The van der Waals surface area contributed by atoms with Crippen molar-refractivity contribution in [1.82, 2.24) is 30.4 Å². The standard InChI is InChI=1S/C50H52N6O4S2/c1-31(2)45(57)53-43(37-13-7-5-8-14-37)49(59)55-27-11-17-39(55)47-51-29-41(61-47)35-23-19-33(20-24-35)34-21-25-36(26-22-34)42-30-52-48(62-42)40-18-12-28-56(40)50(60)44(54-46(58)32(3)4)38-15-9-6-10-16-38/h5-10,13-16,19-26,29-32,39-40,43-44H,11-12,17-18,27-28H2,1-4H3,(H,53,57)(H,54,58)/t39-,40+,43-,44+. The molecule has 0 bridgehead atoms. The Hall–Kier alpha value is -5.98. The lowest BCUT2D eigenvalue weighted by Crippen LogP contribution is -2.43. The fourth-order valence-corrected chi connectivity index (χ4v) is 10.3. The van der Waals surface area contributed by atoms with E-state index in [0.29, 0.717) is 13.1 Å². The van der Waals surface area contributed by atoms with E-state index < -0.39 is 12.1 Å². The average Bonchev–Trinajstić information content (AvgIpc) is 4.15. The Bertz CT molecular complexity index is 2330. The molecule has 2 fully saturated rings. The van der Waals surface area contributed by atoms with Gasteiger partial charge < -0.3 is 20.4 Å². The van der Waals surface area contributed by atoms with Gasteiger partial charge in [-0.25, -0.2) is 9.97 Å². The molecule has 0 saturated carbocycles. The Morgan fingerprint density at radius 3 is 1.24 bits per heavy atom. The van der Waals surface area contributed by atoms with Crippen LogP contribution in [0.3, 0.4) is 0 Å². The third kappa shape index (κ3) is 9.27. The average molecular weight is 865 g/mol. The van der Waals surface area contributed by atoms with Crippen molar-refractivity contribution in [2.45, 2.75) is 77.5 Å². The molecule has 4 heterocycles. The number of carbonyl (C=O) groups excluding carboxylic acids is 4. The summed E-state index contributed by atoms with van der Waals surface area (Å²) in [4.78, 5) is 69.3. The molecule has 2 aliphatic rings. The molecule has 2 saturated heterocycles. The Morgan fingerprint density at radius 1 is 0.532 bits per heavy atom. The molecule has 4 amide bonds. The van der Waals surface area contributed by atoms with Crippen molar-refractivity contribution < 1.29 is 19.2 Å². The molecule has 62 heavy (non-hydrogen) atoms. The second kappa shape index (κ2) is 19.0. The second-order valence-corrected chi connectivity index (χ2v) is 18.8. The Balaban J connectivity index is 0.929. The summed E-state index contributed by atoms with van der Waals surface area (Å²) in [5.41, 5.74) is 5.85. The number of nitrogens with one attached hydrogen (secondary N) is 2. The molecule has 318 valence electrons. The highest BCUT2D eigenvalue weighted by Crippen LogP contribution is 2.41. The van der Waals surface area contributed by atoms with Crippen LogP contribution < -0.4 is 10.6 Å². The van der Waals surface area contributed by atoms with E-state index in [9.17, 15) is 19.2 Å². The van der Waals surface area contributed by atoms with Gasteiger partial charge in [0.05, 0.1) is 21.8 Å². The highest BCUT2D eigenvalue weighted by atomic mass is 32.1. The molecule has 4 atom stereocenters. The van der Waals surface area contributed by atoms with Crippen molar-refractivity contribution in [3.05, 3.63) is 143 Å². The molecule has 10 nitrogen and oxygen atoms in total. The predicted molar refractivity (Wildman–Crippen MR) is 246 cm³/mol. The topological polar surface area (TPSA) is 125 Å². The first-order chi connectivity index (χ1) is 30.0. The Kier molecular flexibility index (Phi) is 13.1. The first-order valence-corrected chi connectivity index (χ1v) is 23.1. The van der Waals surface area contributed by atoms with E-state index in [1.54, 1.807) is 22.7 Å². The maximum Gasteiger partial charge on any atom is 0.250 e. The first kappa shape index (κ1) is 42.7. The summed E-state index contributed by atoms with van der Waals surface area (Å²) >= 11 is 3.22. The molecule has 6 aromatic rings. The van der Waals surface area contributed by atoms with Gasteiger partial charge in [-0.1, -0.05) is 137 Å². The molecule has 8 rings (SSSR count). The van der Waals surface area contributed by atoms with E-state index in [1.807, 2.05) is 111 Å². The van der Waals surface area contributed by atoms with Gasteiger partial charge in [0, 0.05) is 37.3 Å². The van der Waals surface area contributed by atoms with E-state index in [1.165, 1.54) is 0 Å². The zero-order chi connectivity index (χ0) is 43.3. The lowest BCUT2D eigenvalue weighted by molar-refractivity contribution is -0.138. The van der Waals surface area contributed by atoms with E-state index >= 15 is 0 Å². The third-order valence-corrected chi connectivity index (χ3v) is 14.0. The summed E-state index contributed by atoms with van der Waals surface area (Å²) in [5, 5.41) is 7.80. The van der Waals surface area contributed by atoms with Crippen molar-refractivity contribution in [3.8, 4) is 32.0 Å². The van der Waals surface area contributed by atoms with Gasteiger partial charge in [0.1, 0.15) is 22.1 Å². The number of nitrogens with zero attached hydrogens (tertiary/aromatic N) is 4. The van der Waals surface area contributed by atoms with Crippen molar-refractivity contribution in [3.63, 3.8) is 0 Å². The van der Waals surface area contributed by atoms with Crippen molar-refractivity contribution >= 4 is 46.3 Å². The van der Waals surface area contributed by atoms with Gasteiger partial charge >= 0.3 is 0 Å². The van der Waals surface area contributed by atoms with Gasteiger partial charge in [-0.15, -0.1) is 22.7 Å². The van der Waals surface area contributed by atoms with Gasteiger partial charge in [-0.2, -0.15) is 0 Å². The summed E-state index contributed by atoms with van der Waals surface area (Å²) < 4.78 is 0. The van der Waals surface area contributed by atoms with E-state index in [4.69, 9.17) is 9.97 Å². The third-order valence-electron chi connectivity index (χ3n) is 11.7. The number of hydrogen-bond donors (Lipinski definition) is 2. The maximum atomic E-state index is 14.1. The molecule has 2 N–H and O–H groups in total. The Labute approximate surface area is 371 Å². The predicted octanol–water partition coefficient (Wildman–Crippen LogP) is 9.95. The lowest BCUT2D eigenvalue weighted by atomic mass is 10.0. The summed E-state index contributed by atoms with van der Waals surface area (Å²) in [6.07, 6.45) is 7.19. The normalized spacial score (nSPS) is 17.3. The molecule has 12 heteroatoms. The van der Waals surface area contributed by atoms with Crippen LogP contribution in [-0.2, 0) is 19.2 Å². The Morgan fingerprint density at radius 2 is 0.887 bits per heavy atom. The zero-order valence-corrected chi connectivity index (χ0v) is 37.1. The monoisotopic (exact) mass is 864 g/mol. The molecular weight excluding hydrogens is 813 g/mol. The van der Waals surface area contributed by atoms with Crippen LogP contribution in [0.1, 0.15) is 98.7 Å². The van der Waals surface area contributed by atoms with Crippen LogP contribution in [0.5, 0.6) is 0 Å². The number of rotatable bonds is 13. The van der Waals surface area contributed by atoms with Crippen LogP contribution in [0.15, 0.2) is 122 Å². The SMILES string of the molecule is CC(C)C(=O)N[C@H](C(=O)N1CCC[C@H]1c1ncc(-c2ccc(-c3ccc(-c4cnc([C@H]5CCCN5C(=O)[C@H](NC(=O)C(C)C)c5ccccc5)s4)cc3)cc2)s1)c1ccccc1. The summed E-state index contributed by atoms with van der Waals surface area (Å²) in [6.45, 7) is 8.56. The highest BCUT2D eigenvalue weighted by Gasteiger charge is 2.38. The van der Waals surface area contributed by atoms with Crippen molar-refractivity contribution in [2.75, 3.05) is 13.1 Å².